The lowest BCUT2D eigenvalue weighted by molar-refractivity contribution is -0.125. The highest BCUT2D eigenvalue weighted by Gasteiger charge is 2.33. The van der Waals surface area contributed by atoms with Crippen molar-refractivity contribution in [2.24, 2.45) is 0 Å². The van der Waals surface area contributed by atoms with E-state index in [1.54, 1.807) is 25.1 Å². The molecular formula is C26H28FN5O6. The first-order valence-electron chi connectivity index (χ1n) is 12.2. The molecule has 2 aliphatic rings. The second-order valence-corrected chi connectivity index (χ2v) is 9.20. The molecule has 4 bridgehead atoms. The fourth-order valence-corrected chi connectivity index (χ4v) is 4.59. The number of fused-ring (bicyclic) bond motifs is 5. The van der Waals surface area contributed by atoms with E-state index in [1.165, 1.54) is 25.3 Å². The molecule has 0 radical (unpaired) electrons. The van der Waals surface area contributed by atoms with Crippen molar-refractivity contribution in [2.45, 2.75) is 38.6 Å². The molecule has 1 aromatic heterocycles. The molecule has 3 aromatic rings. The fourth-order valence-electron chi connectivity index (χ4n) is 4.59. The fraction of sp³-hybridized carbons (Fsp3) is 0.385. The third-order valence-electron chi connectivity index (χ3n) is 6.36. The zero-order valence-electron chi connectivity index (χ0n) is 21.0. The number of methoxy groups -OCH3 is 1. The first-order chi connectivity index (χ1) is 18.4. The SMILES string of the molecule is COc1ccc2cc1OCC(=O)N[C@@H]1CN(Cc3nnc(C)o3)CC[C@@H]1Oc1cc(F)cc(c1)CNC2=O. The number of carbonyl (C=O) groups is 2. The maximum atomic E-state index is 14.5. The number of aryl methyl sites for hydroxylation is 1. The van der Waals surface area contributed by atoms with Gasteiger partial charge in [-0.15, -0.1) is 10.2 Å². The van der Waals surface area contributed by atoms with Crippen LogP contribution in [0.15, 0.2) is 40.8 Å². The third-order valence-corrected chi connectivity index (χ3v) is 6.36. The number of likely N-dealkylation sites (tertiary alicyclic amines) is 1. The smallest absolute Gasteiger partial charge is 0.258 e. The molecule has 3 heterocycles. The molecule has 11 nitrogen and oxygen atoms in total. The van der Waals surface area contributed by atoms with Gasteiger partial charge in [-0.05, 0) is 42.3 Å². The zero-order chi connectivity index (χ0) is 26.6. The maximum Gasteiger partial charge on any atom is 0.258 e. The quantitative estimate of drug-likeness (QED) is 0.528. The Hall–Kier alpha value is -4.19. The average Bonchev–Trinajstić information content (AvgIpc) is 3.30. The molecule has 12 heteroatoms. The minimum atomic E-state index is -0.488. The predicted molar refractivity (Wildman–Crippen MR) is 131 cm³/mol. The van der Waals surface area contributed by atoms with Gasteiger partial charge in [-0.1, -0.05) is 0 Å². The third kappa shape index (κ3) is 6.02. The molecule has 2 amide bonds. The summed E-state index contributed by atoms with van der Waals surface area (Å²) in [4.78, 5) is 27.8. The number of benzene rings is 2. The van der Waals surface area contributed by atoms with E-state index in [-0.39, 0.29) is 30.7 Å². The lowest BCUT2D eigenvalue weighted by atomic mass is 10.0. The molecule has 38 heavy (non-hydrogen) atoms. The predicted octanol–water partition coefficient (Wildman–Crippen LogP) is 1.99. The number of hydrogen-bond acceptors (Lipinski definition) is 9. The van der Waals surface area contributed by atoms with Crippen LogP contribution in [-0.2, 0) is 17.9 Å². The van der Waals surface area contributed by atoms with Crippen molar-refractivity contribution in [3.63, 3.8) is 0 Å². The minimum Gasteiger partial charge on any atom is -0.493 e. The van der Waals surface area contributed by atoms with Crippen LogP contribution < -0.4 is 24.8 Å². The van der Waals surface area contributed by atoms with Crippen LogP contribution in [0.3, 0.4) is 0 Å². The Morgan fingerprint density at radius 3 is 2.84 bits per heavy atom. The van der Waals surface area contributed by atoms with E-state index < -0.39 is 18.0 Å². The summed E-state index contributed by atoms with van der Waals surface area (Å²) in [5.74, 6) is 0.643. The molecule has 1 saturated heterocycles. The number of amides is 2. The lowest BCUT2D eigenvalue weighted by Gasteiger charge is -2.38. The Kier molecular flexibility index (Phi) is 7.40. The Morgan fingerprint density at radius 2 is 2.05 bits per heavy atom. The van der Waals surface area contributed by atoms with Gasteiger partial charge in [0.1, 0.15) is 17.7 Å². The summed E-state index contributed by atoms with van der Waals surface area (Å²) >= 11 is 0. The first kappa shape index (κ1) is 25.5. The van der Waals surface area contributed by atoms with E-state index in [0.717, 1.165) is 0 Å². The van der Waals surface area contributed by atoms with Gasteiger partial charge < -0.3 is 29.3 Å². The summed E-state index contributed by atoms with van der Waals surface area (Å²) in [6.07, 6.45) is 0.117. The molecule has 5 rings (SSSR count). The van der Waals surface area contributed by atoms with E-state index >= 15 is 0 Å². The molecule has 0 saturated carbocycles. The standard InChI is InChI=1S/C26H28FN5O6/c1-15-30-31-25(37-15)13-32-6-5-21-20(12-32)29-24(33)14-36-23-9-17(3-4-22(23)35-2)26(34)28-11-16-7-18(27)10-19(8-16)38-21/h3-4,7-10,20-21H,5-6,11-14H2,1-2H3,(H,28,34)(H,29,33)/t20-,21+/m1/s1. The van der Waals surface area contributed by atoms with Crippen LogP contribution in [0.5, 0.6) is 17.2 Å². The largest absolute Gasteiger partial charge is 0.493 e. The molecule has 0 unspecified atom stereocenters. The summed E-state index contributed by atoms with van der Waals surface area (Å²) in [5, 5.41) is 13.7. The number of aromatic nitrogens is 2. The van der Waals surface area contributed by atoms with Crippen molar-refractivity contribution in [1.82, 2.24) is 25.7 Å². The number of rotatable bonds is 3. The number of halogens is 1. The van der Waals surface area contributed by atoms with Gasteiger partial charge in [0.15, 0.2) is 18.1 Å². The first-order valence-corrected chi connectivity index (χ1v) is 12.2. The van der Waals surface area contributed by atoms with Crippen LogP contribution in [0.1, 0.15) is 34.1 Å². The molecular weight excluding hydrogens is 497 g/mol. The topological polar surface area (TPSA) is 128 Å². The normalized spacial score (nSPS) is 20.4. The van der Waals surface area contributed by atoms with E-state index in [0.29, 0.717) is 60.5 Å². The van der Waals surface area contributed by atoms with Crippen molar-refractivity contribution >= 4 is 11.8 Å². The number of carbonyl (C=O) groups excluding carboxylic acids is 2. The van der Waals surface area contributed by atoms with Gasteiger partial charge in [0.05, 0.1) is 19.7 Å². The van der Waals surface area contributed by atoms with Crippen LogP contribution in [-0.4, -0.2) is 65.9 Å². The summed E-state index contributed by atoms with van der Waals surface area (Å²) in [6.45, 7) is 3.01. The van der Waals surface area contributed by atoms with E-state index in [2.05, 4.69) is 25.7 Å². The lowest BCUT2D eigenvalue weighted by Crippen LogP contribution is -2.57. The zero-order valence-corrected chi connectivity index (χ0v) is 21.0. The number of ether oxygens (including phenoxy) is 3. The highest BCUT2D eigenvalue weighted by Crippen LogP contribution is 2.29. The highest BCUT2D eigenvalue weighted by molar-refractivity contribution is 5.94. The van der Waals surface area contributed by atoms with Crippen molar-refractivity contribution in [1.29, 1.82) is 0 Å². The average molecular weight is 526 g/mol. The molecule has 1 fully saturated rings. The van der Waals surface area contributed by atoms with Gasteiger partial charge in [0, 0.05) is 38.2 Å². The van der Waals surface area contributed by atoms with Crippen molar-refractivity contribution in [2.75, 3.05) is 26.8 Å². The van der Waals surface area contributed by atoms with Crippen LogP contribution in [0.2, 0.25) is 0 Å². The van der Waals surface area contributed by atoms with Crippen LogP contribution >= 0.6 is 0 Å². The number of piperidine rings is 1. The van der Waals surface area contributed by atoms with E-state index in [9.17, 15) is 14.0 Å². The summed E-state index contributed by atoms with van der Waals surface area (Å²) < 4.78 is 37.2. The minimum absolute atomic E-state index is 0.0946. The second kappa shape index (κ2) is 11.1. The number of nitrogens with one attached hydrogen (secondary N) is 2. The molecule has 0 spiro atoms. The highest BCUT2D eigenvalue weighted by atomic mass is 19.1. The van der Waals surface area contributed by atoms with E-state index in [4.69, 9.17) is 18.6 Å². The molecule has 2 aromatic carbocycles. The number of hydrogen-bond donors (Lipinski definition) is 2. The van der Waals surface area contributed by atoms with Gasteiger partial charge in [0.25, 0.3) is 11.8 Å². The maximum absolute atomic E-state index is 14.5. The van der Waals surface area contributed by atoms with E-state index in [1.807, 2.05) is 0 Å². The van der Waals surface area contributed by atoms with Crippen molar-refractivity contribution < 1.29 is 32.6 Å². The Morgan fingerprint density at radius 1 is 1.18 bits per heavy atom. The second-order valence-electron chi connectivity index (χ2n) is 9.20. The molecule has 2 atom stereocenters. The van der Waals surface area contributed by atoms with Gasteiger partial charge in [-0.25, -0.2) is 4.39 Å². The number of nitrogens with zero attached hydrogens (tertiary/aromatic N) is 3. The molecule has 2 N–H and O–H groups in total. The monoisotopic (exact) mass is 525 g/mol. The Balaban J connectivity index is 1.42. The van der Waals surface area contributed by atoms with Crippen LogP contribution in [0.25, 0.3) is 0 Å². The van der Waals surface area contributed by atoms with Crippen molar-refractivity contribution in [3.05, 3.63) is 65.1 Å². The summed E-state index contributed by atoms with van der Waals surface area (Å²) in [5.41, 5.74) is 0.843. The van der Waals surface area contributed by atoms with Gasteiger partial charge >= 0.3 is 0 Å². The van der Waals surface area contributed by atoms with Crippen LogP contribution in [0.4, 0.5) is 4.39 Å². The molecule has 200 valence electrons. The van der Waals surface area contributed by atoms with Crippen LogP contribution in [0, 0.1) is 12.7 Å². The Bertz CT molecular complexity index is 1330. The Labute approximate surface area is 218 Å². The summed E-state index contributed by atoms with van der Waals surface area (Å²) in [7, 11) is 1.47. The van der Waals surface area contributed by atoms with Crippen molar-refractivity contribution in [3.8, 4) is 17.2 Å². The molecule has 0 aliphatic carbocycles. The van der Waals surface area contributed by atoms with Gasteiger partial charge in [0.2, 0.25) is 11.8 Å². The summed E-state index contributed by atoms with van der Waals surface area (Å²) in [6, 6.07) is 8.56. The van der Waals surface area contributed by atoms with Gasteiger partial charge in [-0.2, -0.15) is 0 Å². The van der Waals surface area contributed by atoms with Gasteiger partial charge in [-0.3, -0.25) is 14.5 Å². The molecule has 2 aliphatic heterocycles.